The van der Waals surface area contributed by atoms with Crippen LogP contribution < -0.4 is 0 Å². The molecule has 0 aliphatic carbocycles. The Labute approximate surface area is 332 Å². The van der Waals surface area contributed by atoms with E-state index in [0.717, 1.165) is 0 Å². The Balaban J connectivity index is 0.950. The second kappa shape index (κ2) is 11.7. The molecule has 57 heavy (non-hydrogen) atoms. The van der Waals surface area contributed by atoms with E-state index in [1.54, 1.807) is 0 Å². The van der Waals surface area contributed by atoms with Crippen LogP contribution in [-0.2, 0) is 0 Å². The highest BCUT2D eigenvalue weighted by Gasteiger charge is 2.18. The van der Waals surface area contributed by atoms with Gasteiger partial charge in [0.15, 0.2) is 0 Å². The van der Waals surface area contributed by atoms with E-state index in [9.17, 15) is 0 Å². The van der Waals surface area contributed by atoms with Gasteiger partial charge in [-0.3, -0.25) is 0 Å². The molecule has 0 amide bonds. The van der Waals surface area contributed by atoms with Crippen LogP contribution in [-0.4, -0.2) is 0 Å². The lowest BCUT2D eigenvalue weighted by Gasteiger charge is -2.17. The molecule has 0 nitrogen and oxygen atoms in total. The Morgan fingerprint density at radius 3 is 1.60 bits per heavy atom. The van der Waals surface area contributed by atoms with E-state index in [4.69, 9.17) is 0 Å². The first kappa shape index (κ1) is 31.2. The fourth-order valence-corrected chi connectivity index (χ4v) is 11.1. The highest BCUT2D eigenvalue weighted by molar-refractivity contribution is 7.26. The Bertz CT molecular complexity index is 3760. The standard InChI is InChI=1S/C56H32S/c1-2-10-39-34(8-1)9-7-14-41(39)43-26-21-37-22-28-46-40(25-20-36-23-29-47(43)54(37)53(36)46)35-18-16-33(17-19-35)38-24-27-44-48-30-31-52-56(49-13-5-6-15-51(49)57-52)55(48)45-12-4-3-11-42(45)50(44)32-38/h1-32H. The number of fused-ring (bicyclic) bond motifs is 11. The van der Waals surface area contributed by atoms with Crippen molar-refractivity contribution in [1.82, 2.24) is 0 Å². The monoisotopic (exact) mass is 736 g/mol. The first-order chi connectivity index (χ1) is 28.3. The van der Waals surface area contributed by atoms with Gasteiger partial charge in [-0.15, -0.1) is 11.3 Å². The van der Waals surface area contributed by atoms with Crippen LogP contribution in [0.25, 0.3) is 129 Å². The summed E-state index contributed by atoms with van der Waals surface area (Å²) in [5.41, 5.74) is 7.52. The normalized spacial score (nSPS) is 12.2. The van der Waals surface area contributed by atoms with Crippen LogP contribution in [0, 0.1) is 0 Å². The van der Waals surface area contributed by atoms with Crippen molar-refractivity contribution < 1.29 is 0 Å². The second-order valence-corrected chi connectivity index (χ2v) is 16.6. The summed E-state index contributed by atoms with van der Waals surface area (Å²) in [7, 11) is 0. The van der Waals surface area contributed by atoms with Crippen molar-refractivity contribution in [2.75, 3.05) is 0 Å². The molecule has 262 valence electrons. The van der Waals surface area contributed by atoms with Crippen molar-refractivity contribution in [3.63, 3.8) is 0 Å². The molecule has 0 unspecified atom stereocenters. The van der Waals surface area contributed by atoms with E-state index in [1.165, 1.54) is 129 Å². The van der Waals surface area contributed by atoms with Gasteiger partial charge in [-0.1, -0.05) is 176 Å². The molecule has 0 saturated carbocycles. The van der Waals surface area contributed by atoms with Gasteiger partial charge >= 0.3 is 0 Å². The highest BCUT2D eigenvalue weighted by atomic mass is 32.1. The van der Waals surface area contributed by atoms with Crippen molar-refractivity contribution in [2.24, 2.45) is 0 Å². The van der Waals surface area contributed by atoms with Gasteiger partial charge in [0, 0.05) is 20.2 Å². The minimum absolute atomic E-state index is 1.22. The summed E-state index contributed by atoms with van der Waals surface area (Å²) in [5.74, 6) is 0. The summed E-state index contributed by atoms with van der Waals surface area (Å²) in [6.45, 7) is 0. The van der Waals surface area contributed by atoms with Gasteiger partial charge in [0.2, 0.25) is 0 Å². The van der Waals surface area contributed by atoms with Gasteiger partial charge in [-0.25, -0.2) is 0 Å². The molecule has 1 heterocycles. The maximum absolute atomic E-state index is 2.41. The van der Waals surface area contributed by atoms with Crippen molar-refractivity contribution in [3.8, 4) is 33.4 Å². The third kappa shape index (κ3) is 4.43. The largest absolute Gasteiger partial charge is 0.135 e. The molecule has 0 N–H and O–H groups in total. The average molecular weight is 737 g/mol. The van der Waals surface area contributed by atoms with Crippen molar-refractivity contribution in [3.05, 3.63) is 194 Å². The number of thiophene rings is 1. The molecule has 0 fully saturated rings. The topological polar surface area (TPSA) is 0 Å². The Hall–Kier alpha value is -7.06. The molecule has 13 aromatic rings. The molecular formula is C56H32S. The Morgan fingerprint density at radius 2 is 0.772 bits per heavy atom. The lowest BCUT2D eigenvalue weighted by atomic mass is 9.86. The smallest absolute Gasteiger partial charge is 0.0362 e. The summed E-state index contributed by atoms with van der Waals surface area (Å²) in [4.78, 5) is 0. The summed E-state index contributed by atoms with van der Waals surface area (Å²) in [5, 5.41) is 21.0. The molecule has 0 spiro atoms. The lowest BCUT2D eigenvalue weighted by Crippen LogP contribution is -1.90. The Morgan fingerprint density at radius 1 is 0.228 bits per heavy atom. The van der Waals surface area contributed by atoms with E-state index in [0.29, 0.717) is 0 Å². The number of rotatable bonds is 3. The molecule has 13 rings (SSSR count). The fraction of sp³-hybridized carbons (Fsp3) is 0. The van der Waals surface area contributed by atoms with Crippen LogP contribution in [0.1, 0.15) is 0 Å². The van der Waals surface area contributed by atoms with Crippen LogP contribution in [0.2, 0.25) is 0 Å². The molecule has 12 aromatic carbocycles. The molecule has 0 atom stereocenters. The van der Waals surface area contributed by atoms with Crippen molar-refractivity contribution in [1.29, 1.82) is 0 Å². The number of hydrogen-bond donors (Lipinski definition) is 0. The zero-order valence-corrected chi connectivity index (χ0v) is 31.7. The number of hydrogen-bond acceptors (Lipinski definition) is 1. The zero-order valence-electron chi connectivity index (χ0n) is 30.9. The molecule has 0 saturated heterocycles. The van der Waals surface area contributed by atoms with Crippen LogP contribution in [0.3, 0.4) is 0 Å². The van der Waals surface area contributed by atoms with E-state index >= 15 is 0 Å². The summed E-state index contributed by atoms with van der Waals surface area (Å²) in [6, 6.07) is 72.7. The van der Waals surface area contributed by atoms with Crippen LogP contribution in [0.15, 0.2) is 194 Å². The quantitative estimate of drug-likeness (QED) is 0.158. The van der Waals surface area contributed by atoms with Crippen molar-refractivity contribution >= 4 is 107 Å². The van der Waals surface area contributed by atoms with E-state index in [1.807, 2.05) is 11.3 Å². The lowest BCUT2D eigenvalue weighted by molar-refractivity contribution is 1.63. The van der Waals surface area contributed by atoms with Crippen LogP contribution >= 0.6 is 11.3 Å². The predicted octanol–water partition coefficient (Wildman–Crippen LogP) is 16.6. The first-order valence-electron chi connectivity index (χ1n) is 19.7. The van der Waals surface area contributed by atoms with Gasteiger partial charge in [0.05, 0.1) is 0 Å². The molecule has 1 heteroatoms. The molecule has 1 aromatic heterocycles. The minimum atomic E-state index is 1.22. The van der Waals surface area contributed by atoms with Gasteiger partial charge in [0.1, 0.15) is 0 Å². The summed E-state index contributed by atoms with van der Waals surface area (Å²) in [6.07, 6.45) is 0. The van der Waals surface area contributed by atoms with Gasteiger partial charge in [-0.05, 0) is 127 Å². The summed E-state index contributed by atoms with van der Waals surface area (Å²) < 4.78 is 2.69. The SMILES string of the molecule is c1ccc2c(-c3ccc4ccc5c(-c6ccc(-c7ccc8c(c7)c7ccccc7c7c8ccc8sc9ccccc9c87)cc6)ccc6ccc3c4c65)cccc2c1. The van der Waals surface area contributed by atoms with Gasteiger partial charge in [0.25, 0.3) is 0 Å². The maximum atomic E-state index is 2.41. The fourth-order valence-electron chi connectivity index (χ4n) is 10.0. The third-order valence-electron chi connectivity index (χ3n) is 12.6. The Kier molecular flexibility index (Phi) is 6.41. The third-order valence-corrected chi connectivity index (χ3v) is 13.7. The highest BCUT2D eigenvalue weighted by Crippen LogP contribution is 2.46. The average Bonchev–Trinajstić information content (AvgIpc) is 3.67. The van der Waals surface area contributed by atoms with E-state index < -0.39 is 0 Å². The van der Waals surface area contributed by atoms with Gasteiger partial charge in [-0.2, -0.15) is 0 Å². The zero-order chi connectivity index (χ0) is 37.2. The van der Waals surface area contributed by atoms with Crippen molar-refractivity contribution in [2.45, 2.75) is 0 Å². The summed E-state index contributed by atoms with van der Waals surface area (Å²) >= 11 is 1.89. The molecule has 0 bridgehead atoms. The molecular weight excluding hydrogens is 705 g/mol. The second-order valence-electron chi connectivity index (χ2n) is 15.5. The van der Waals surface area contributed by atoms with Crippen LogP contribution in [0.4, 0.5) is 0 Å². The first-order valence-corrected chi connectivity index (χ1v) is 20.6. The number of benzene rings is 12. The van der Waals surface area contributed by atoms with E-state index in [-0.39, 0.29) is 0 Å². The van der Waals surface area contributed by atoms with E-state index in [2.05, 4.69) is 194 Å². The molecule has 0 aliphatic heterocycles. The minimum Gasteiger partial charge on any atom is -0.135 e. The maximum Gasteiger partial charge on any atom is 0.0362 e. The predicted molar refractivity (Wildman–Crippen MR) is 249 cm³/mol. The van der Waals surface area contributed by atoms with Gasteiger partial charge < -0.3 is 0 Å². The molecule has 0 radical (unpaired) electrons. The molecule has 0 aliphatic rings. The van der Waals surface area contributed by atoms with Crippen LogP contribution in [0.5, 0.6) is 0 Å².